The molecule has 5 heteroatoms. The van der Waals surface area contributed by atoms with Crippen molar-refractivity contribution < 1.29 is 9.94 Å². The number of hydrogen-bond acceptors (Lipinski definition) is 5. The van der Waals surface area contributed by atoms with Crippen LogP contribution in [0.3, 0.4) is 0 Å². The molecule has 0 aliphatic heterocycles. The Balaban J connectivity index is 1.86. The second kappa shape index (κ2) is 6.22. The van der Waals surface area contributed by atoms with Crippen molar-refractivity contribution in [1.82, 2.24) is 9.97 Å². The van der Waals surface area contributed by atoms with E-state index in [0.717, 1.165) is 22.4 Å². The Morgan fingerprint density at radius 3 is 2.50 bits per heavy atom. The standard InChI is InChI=1S/C17H15N3O2/c1-12-16(20-15-8-4-3-7-14(15)19-12)11-22-17-9-5-2-6-13(17)10-18-21/h2-10,21H,11H2,1H3/b18-10+. The third-order valence-electron chi connectivity index (χ3n) is 3.32. The maximum Gasteiger partial charge on any atom is 0.132 e. The van der Waals surface area contributed by atoms with E-state index < -0.39 is 0 Å². The average Bonchev–Trinajstić information content (AvgIpc) is 2.54. The molecule has 0 aliphatic rings. The quantitative estimate of drug-likeness (QED) is 0.455. The Labute approximate surface area is 127 Å². The molecular formula is C17H15N3O2. The van der Waals surface area contributed by atoms with Crippen LogP contribution >= 0.6 is 0 Å². The van der Waals surface area contributed by atoms with Gasteiger partial charge in [0.25, 0.3) is 0 Å². The van der Waals surface area contributed by atoms with E-state index in [9.17, 15) is 0 Å². The van der Waals surface area contributed by atoms with Crippen molar-refractivity contribution in [3.63, 3.8) is 0 Å². The lowest BCUT2D eigenvalue weighted by Gasteiger charge is -2.10. The van der Waals surface area contributed by atoms with Gasteiger partial charge in [-0.2, -0.15) is 0 Å². The third-order valence-corrected chi connectivity index (χ3v) is 3.32. The van der Waals surface area contributed by atoms with Crippen molar-refractivity contribution >= 4 is 17.2 Å². The number of aryl methyl sites for hydroxylation is 1. The van der Waals surface area contributed by atoms with Crippen LogP contribution in [0.1, 0.15) is 17.0 Å². The van der Waals surface area contributed by atoms with Gasteiger partial charge in [0.2, 0.25) is 0 Å². The van der Waals surface area contributed by atoms with Crippen LogP contribution in [0.15, 0.2) is 53.7 Å². The van der Waals surface area contributed by atoms with Crippen molar-refractivity contribution in [2.75, 3.05) is 0 Å². The Bertz CT molecular complexity index is 831. The largest absolute Gasteiger partial charge is 0.487 e. The summed E-state index contributed by atoms with van der Waals surface area (Å²) >= 11 is 0. The smallest absolute Gasteiger partial charge is 0.132 e. The predicted octanol–water partition coefficient (Wildman–Crippen LogP) is 3.33. The molecule has 1 N–H and O–H groups in total. The van der Waals surface area contributed by atoms with E-state index in [-0.39, 0.29) is 0 Å². The van der Waals surface area contributed by atoms with E-state index in [1.165, 1.54) is 6.21 Å². The first kappa shape index (κ1) is 14.0. The molecule has 0 saturated heterocycles. The van der Waals surface area contributed by atoms with Gasteiger partial charge in [-0.25, -0.2) is 9.97 Å². The first-order chi connectivity index (χ1) is 10.8. The molecule has 0 bridgehead atoms. The van der Waals surface area contributed by atoms with E-state index in [1.807, 2.05) is 55.5 Å². The zero-order valence-corrected chi connectivity index (χ0v) is 12.1. The molecule has 110 valence electrons. The average molecular weight is 293 g/mol. The van der Waals surface area contributed by atoms with Gasteiger partial charge in [-0.1, -0.05) is 29.4 Å². The summed E-state index contributed by atoms with van der Waals surface area (Å²) in [4.78, 5) is 9.13. The number of aromatic nitrogens is 2. The number of hydrogen-bond donors (Lipinski definition) is 1. The number of nitrogens with zero attached hydrogens (tertiary/aromatic N) is 3. The van der Waals surface area contributed by atoms with Crippen LogP contribution < -0.4 is 4.74 Å². The molecule has 0 atom stereocenters. The minimum Gasteiger partial charge on any atom is -0.487 e. The summed E-state index contributed by atoms with van der Waals surface area (Å²) in [6, 6.07) is 15.1. The number of ether oxygens (including phenoxy) is 1. The van der Waals surface area contributed by atoms with Crippen LogP contribution in [0.5, 0.6) is 5.75 Å². The Hall–Kier alpha value is -2.95. The molecule has 3 aromatic rings. The molecule has 22 heavy (non-hydrogen) atoms. The number of rotatable bonds is 4. The molecule has 1 aromatic heterocycles. The normalized spacial score (nSPS) is 11.1. The Morgan fingerprint density at radius 2 is 1.73 bits per heavy atom. The van der Waals surface area contributed by atoms with E-state index >= 15 is 0 Å². The maximum atomic E-state index is 8.68. The number of benzene rings is 2. The molecule has 0 fully saturated rings. The fourth-order valence-corrected chi connectivity index (χ4v) is 2.19. The van der Waals surface area contributed by atoms with Gasteiger partial charge < -0.3 is 9.94 Å². The van der Waals surface area contributed by atoms with Crippen LogP contribution in [0.25, 0.3) is 11.0 Å². The number of para-hydroxylation sites is 3. The van der Waals surface area contributed by atoms with Crippen LogP contribution in [0.2, 0.25) is 0 Å². The molecule has 2 aromatic carbocycles. The van der Waals surface area contributed by atoms with Crippen molar-refractivity contribution in [1.29, 1.82) is 0 Å². The molecular weight excluding hydrogens is 278 g/mol. The van der Waals surface area contributed by atoms with Gasteiger partial charge in [0, 0.05) is 5.56 Å². The molecule has 0 saturated carbocycles. The van der Waals surface area contributed by atoms with Crippen LogP contribution in [0, 0.1) is 6.92 Å². The van der Waals surface area contributed by atoms with E-state index in [1.54, 1.807) is 0 Å². The third kappa shape index (κ3) is 2.88. The summed E-state index contributed by atoms with van der Waals surface area (Å²) in [7, 11) is 0. The van der Waals surface area contributed by atoms with Gasteiger partial charge >= 0.3 is 0 Å². The SMILES string of the molecule is Cc1nc2ccccc2nc1COc1ccccc1/C=N/O. The molecule has 0 aliphatic carbocycles. The van der Waals surface area contributed by atoms with E-state index in [2.05, 4.69) is 15.1 Å². The highest BCUT2D eigenvalue weighted by molar-refractivity contribution is 5.82. The van der Waals surface area contributed by atoms with Crippen molar-refractivity contribution in [2.45, 2.75) is 13.5 Å². The van der Waals surface area contributed by atoms with E-state index in [4.69, 9.17) is 9.94 Å². The first-order valence-corrected chi connectivity index (χ1v) is 6.89. The van der Waals surface area contributed by atoms with Gasteiger partial charge in [0.1, 0.15) is 12.4 Å². The minimum atomic E-state index is 0.306. The predicted molar refractivity (Wildman–Crippen MR) is 84.4 cm³/mol. The Kier molecular flexibility index (Phi) is 3.96. The summed E-state index contributed by atoms with van der Waals surface area (Å²) in [5.74, 6) is 0.634. The molecule has 0 amide bonds. The number of oxime groups is 1. The van der Waals surface area contributed by atoms with Crippen molar-refractivity contribution in [2.24, 2.45) is 5.16 Å². The lowest BCUT2D eigenvalue weighted by Crippen LogP contribution is -2.04. The number of fused-ring (bicyclic) bond motifs is 1. The molecule has 5 nitrogen and oxygen atoms in total. The van der Waals surface area contributed by atoms with Gasteiger partial charge in [0.15, 0.2) is 0 Å². The highest BCUT2D eigenvalue weighted by atomic mass is 16.5. The molecule has 0 radical (unpaired) electrons. The molecule has 3 rings (SSSR count). The zero-order chi connectivity index (χ0) is 15.4. The second-order valence-corrected chi connectivity index (χ2v) is 4.82. The lowest BCUT2D eigenvalue weighted by molar-refractivity contribution is 0.298. The second-order valence-electron chi connectivity index (χ2n) is 4.82. The highest BCUT2D eigenvalue weighted by Crippen LogP contribution is 2.19. The monoisotopic (exact) mass is 293 g/mol. The van der Waals surface area contributed by atoms with Gasteiger partial charge in [-0.3, -0.25) is 0 Å². The van der Waals surface area contributed by atoms with Gasteiger partial charge in [-0.05, 0) is 31.2 Å². The van der Waals surface area contributed by atoms with Crippen molar-refractivity contribution in [3.05, 3.63) is 65.5 Å². The Morgan fingerprint density at radius 1 is 1.05 bits per heavy atom. The van der Waals surface area contributed by atoms with Crippen LogP contribution in [-0.4, -0.2) is 21.4 Å². The highest BCUT2D eigenvalue weighted by Gasteiger charge is 2.07. The van der Waals surface area contributed by atoms with Crippen LogP contribution in [-0.2, 0) is 6.61 Å². The zero-order valence-electron chi connectivity index (χ0n) is 12.1. The van der Waals surface area contributed by atoms with Crippen LogP contribution in [0.4, 0.5) is 0 Å². The summed E-state index contributed by atoms with van der Waals surface area (Å²) in [5, 5.41) is 11.7. The van der Waals surface area contributed by atoms with Crippen molar-refractivity contribution in [3.8, 4) is 5.75 Å². The minimum absolute atomic E-state index is 0.306. The van der Waals surface area contributed by atoms with Gasteiger partial charge in [-0.15, -0.1) is 0 Å². The molecule has 1 heterocycles. The first-order valence-electron chi connectivity index (χ1n) is 6.89. The fourth-order valence-electron chi connectivity index (χ4n) is 2.19. The molecule has 0 spiro atoms. The summed E-state index contributed by atoms with van der Waals surface area (Å²) in [5.41, 5.74) is 4.05. The maximum absolute atomic E-state index is 8.68. The fraction of sp³-hybridized carbons (Fsp3) is 0.118. The summed E-state index contributed by atoms with van der Waals surface area (Å²) in [6.07, 6.45) is 1.34. The topological polar surface area (TPSA) is 67.6 Å². The molecule has 0 unspecified atom stereocenters. The lowest BCUT2D eigenvalue weighted by atomic mass is 10.2. The summed E-state index contributed by atoms with van der Waals surface area (Å²) < 4.78 is 5.80. The summed E-state index contributed by atoms with van der Waals surface area (Å²) in [6.45, 7) is 2.22. The van der Waals surface area contributed by atoms with Gasteiger partial charge in [0.05, 0.1) is 28.6 Å². The van der Waals surface area contributed by atoms with E-state index in [0.29, 0.717) is 17.9 Å².